The van der Waals surface area contributed by atoms with Crippen LogP contribution in [0, 0.1) is 0 Å². The summed E-state index contributed by atoms with van der Waals surface area (Å²) in [5.74, 6) is 0. The van der Waals surface area contributed by atoms with Crippen LogP contribution in [0.5, 0.6) is 0 Å². The third-order valence-corrected chi connectivity index (χ3v) is 4.59. The monoisotopic (exact) mass is 259 g/mol. The third-order valence-electron chi connectivity index (χ3n) is 4.08. The van der Waals surface area contributed by atoms with Gasteiger partial charge in [-0.05, 0) is 32.9 Å². The van der Waals surface area contributed by atoms with Crippen molar-refractivity contribution in [2.45, 2.75) is 82.6 Å². The van der Waals surface area contributed by atoms with Gasteiger partial charge in [-0.3, -0.25) is 0 Å². The molecule has 0 aromatic carbocycles. The molecular formula is C15H30ClN. The first kappa shape index (κ1) is 15.3. The van der Waals surface area contributed by atoms with Crippen molar-refractivity contribution in [1.29, 1.82) is 0 Å². The number of hydrogen-bond acceptors (Lipinski definition) is 1. The van der Waals surface area contributed by atoms with Gasteiger partial charge in [0.25, 0.3) is 0 Å². The van der Waals surface area contributed by atoms with Gasteiger partial charge in [-0.25, -0.2) is 0 Å². The molecule has 1 aliphatic rings. The van der Waals surface area contributed by atoms with Crippen molar-refractivity contribution in [2.75, 3.05) is 13.6 Å². The van der Waals surface area contributed by atoms with Crippen LogP contribution in [0.4, 0.5) is 0 Å². The van der Waals surface area contributed by atoms with Gasteiger partial charge in [0.15, 0.2) is 0 Å². The van der Waals surface area contributed by atoms with E-state index < -0.39 is 0 Å². The van der Waals surface area contributed by atoms with Crippen molar-refractivity contribution >= 4 is 11.6 Å². The Labute approximate surface area is 113 Å². The lowest BCUT2D eigenvalue weighted by atomic mass is 9.94. The summed E-state index contributed by atoms with van der Waals surface area (Å²) >= 11 is 6.42. The molecule has 2 heteroatoms. The van der Waals surface area contributed by atoms with Crippen LogP contribution in [0.15, 0.2) is 0 Å². The van der Waals surface area contributed by atoms with Crippen LogP contribution in [0.1, 0.15) is 71.1 Å². The molecule has 0 aromatic rings. The third kappa shape index (κ3) is 6.10. The van der Waals surface area contributed by atoms with Gasteiger partial charge in [0.2, 0.25) is 0 Å². The fourth-order valence-corrected chi connectivity index (χ4v) is 3.34. The van der Waals surface area contributed by atoms with Gasteiger partial charge in [0.05, 0.1) is 0 Å². The smallest absolute Gasteiger partial charge is 0.0491 e. The lowest BCUT2D eigenvalue weighted by molar-refractivity contribution is 0.192. The maximum atomic E-state index is 6.42. The van der Waals surface area contributed by atoms with E-state index in [0.717, 1.165) is 0 Å². The molecule has 2 atom stereocenters. The van der Waals surface area contributed by atoms with Crippen molar-refractivity contribution in [3.8, 4) is 0 Å². The second-order valence-electron chi connectivity index (χ2n) is 5.62. The summed E-state index contributed by atoms with van der Waals surface area (Å²) in [5, 5.41) is 0.397. The van der Waals surface area contributed by atoms with Gasteiger partial charge < -0.3 is 4.90 Å². The largest absolute Gasteiger partial charge is 0.302 e. The van der Waals surface area contributed by atoms with E-state index in [2.05, 4.69) is 18.9 Å². The molecule has 0 spiro atoms. The molecule has 102 valence electrons. The lowest BCUT2D eigenvalue weighted by Gasteiger charge is -2.34. The summed E-state index contributed by atoms with van der Waals surface area (Å²) < 4.78 is 0. The van der Waals surface area contributed by atoms with Crippen LogP contribution in [-0.2, 0) is 0 Å². The van der Waals surface area contributed by atoms with Crippen LogP contribution in [0.2, 0.25) is 0 Å². The molecule has 0 saturated heterocycles. The van der Waals surface area contributed by atoms with Crippen molar-refractivity contribution in [1.82, 2.24) is 4.90 Å². The fourth-order valence-electron chi connectivity index (χ4n) is 2.87. The van der Waals surface area contributed by atoms with E-state index in [1.54, 1.807) is 0 Å². The minimum atomic E-state index is 0.397. The van der Waals surface area contributed by atoms with Crippen LogP contribution < -0.4 is 0 Å². The van der Waals surface area contributed by atoms with Crippen LogP contribution in [0.3, 0.4) is 0 Å². The first-order valence-electron chi connectivity index (χ1n) is 7.60. The second kappa shape index (κ2) is 9.22. The summed E-state index contributed by atoms with van der Waals surface area (Å²) in [6.45, 7) is 3.51. The molecule has 0 radical (unpaired) electrons. The zero-order valence-electron chi connectivity index (χ0n) is 11.8. The summed E-state index contributed by atoms with van der Waals surface area (Å²) in [6.07, 6.45) is 13.5. The number of unbranched alkanes of at least 4 members (excludes halogenated alkanes) is 5. The summed E-state index contributed by atoms with van der Waals surface area (Å²) in [4.78, 5) is 2.51. The molecule has 0 amide bonds. The topological polar surface area (TPSA) is 3.24 Å². The summed E-state index contributed by atoms with van der Waals surface area (Å²) in [5.41, 5.74) is 0. The van der Waals surface area contributed by atoms with Crippen LogP contribution in [0.25, 0.3) is 0 Å². The predicted molar refractivity (Wildman–Crippen MR) is 77.9 cm³/mol. The highest BCUT2D eigenvalue weighted by Gasteiger charge is 2.25. The van der Waals surface area contributed by atoms with Crippen molar-refractivity contribution in [3.63, 3.8) is 0 Å². The van der Waals surface area contributed by atoms with Gasteiger partial charge in [-0.1, -0.05) is 51.9 Å². The maximum absolute atomic E-state index is 6.42. The average molecular weight is 260 g/mol. The van der Waals surface area contributed by atoms with Gasteiger partial charge in [0, 0.05) is 11.4 Å². The van der Waals surface area contributed by atoms with Crippen LogP contribution in [-0.4, -0.2) is 29.9 Å². The van der Waals surface area contributed by atoms with Crippen molar-refractivity contribution in [3.05, 3.63) is 0 Å². The predicted octanol–water partition coefficient (Wildman–Crippen LogP) is 4.83. The minimum Gasteiger partial charge on any atom is -0.302 e. The Morgan fingerprint density at radius 2 is 1.65 bits per heavy atom. The standard InChI is InChI=1S/C15H30ClN/c1-3-4-5-6-7-10-13-17(2)15-12-9-8-11-14(15)16/h14-15H,3-13H2,1-2H3. The van der Waals surface area contributed by atoms with Gasteiger partial charge >= 0.3 is 0 Å². The molecule has 1 rings (SSSR count). The molecular weight excluding hydrogens is 230 g/mol. The van der Waals surface area contributed by atoms with Gasteiger partial charge in [-0.15, -0.1) is 11.6 Å². The molecule has 0 N–H and O–H groups in total. The second-order valence-corrected chi connectivity index (χ2v) is 6.18. The number of alkyl halides is 1. The average Bonchev–Trinajstić information content (AvgIpc) is 2.34. The molecule has 0 aromatic heterocycles. The number of nitrogens with zero attached hydrogens (tertiary/aromatic N) is 1. The summed E-state index contributed by atoms with van der Waals surface area (Å²) in [7, 11) is 2.26. The lowest BCUT2D eigenvalue weighted by Crippen LogP contribution is -2.41. The number of halogens is 1. The zero-order chi connectivity index (χ0) is 12.5. The number of hydrogen-bond donors (Lipinski definition) is 0. The van der Waals surface area contributed by atoms with Gasteiger partial charge in [0.1, 0.15) is 0 Å². The highest BCUT2D eigenvalue weighted by molar-refractivity contribution is 6.21. The Morgan fingerprint density at radius 3 is 2.35 bits per heavy atom. The molecule has 0 heterocycles. The van der Waals surface area contributed by atoms with Crippen LogP contribution >= 0.6 is 11.6 Å². The first-order valence-corrected chi connectivity index (χ1v) is 8.03. The molecule has 1 saturated carbocycles. The van der Waals surface area contributed by atoms with E-state index in [4.69, 9.17) is 11.6 Å². The van der Waals surface area contributed by atoms with E-state index >= 15 is 0 Å². The van der Waals surface area contributed by atoms with Gasteiger partial charge in [-0.2, -0.15) is 0 Å². The first-order chi connectivity index (χ1) is 8.25. The van der Waals surface area contributed by atoms with E-state index in [0.29, 0.717) is 11.4 Å². The summed E-state index contributed by atoms with van der Waals surface area (Å²) in [6, 6.07) is 0.640. The Bertz CT molecular complexity index is 184. The van der Waals surface area contributed by atoms with Crippen molar-refractivity contribution < 1.29 is 0 Å². The SMILES string of the molecule is CCCCCCCCN(C)C1CCCCC1Cl. The molecule has 0 aliphatic heterocycles. The Balaban J connectivity index is 2.05. The molecule has 0 bridgehead atoms. The highest BCUT2D eigenvalue weighted by Crippen LogP contribution is 2.26. The normalized spacial score (nSPS) is 25.4. The minimum absolute atomic E-state index is 0.397. The van der Waals surface area contributed by atoms with E-state index in [-0.39, 0.29) is 0 Å². The van der Waals surface area contributed by atoms with E-state index in [1.165, 1.54) is 70.8 Å². The van der Waals surface area contributed by atoms with E-state index in [1.807, 2.05) is 0 Å². The molecule has 2 unspecified atom stereocenters. The van der Waals surface area contributed by atoms with Crippen molar-refractivity contribution in [2.24, 2.45) is 0 Å². The maximum Gasteiger partial charge on any atom is 0.0491 e. The number of rotatable bonds is 8. The Kier molecular flexibility index (Phi) is 8.30. The Hall–Kier alpha value is 0.250. The molecule has 17 heavy (non-hydrogen) atoms. The fraction of sp³-hybridized carbons (Fsp3) is 1.00. The highest BCUT2D eigenvalue weighted by atomic mass is 35.5. The quantitative estimate of drug-likeness (QED) is 0.446. The molecule has 1 nitrogen and oxygen atoms in total. The van der Waals surface area contributed by atoms with E-state index in [9.17, 15) is 0 Å². The zero-order valence-corrected chi connectivity index (χ0v) is 12.5. The molecule has 1 fully saturated rings. The Morgan fingerprint density at radius 1 is 1.00 bits per heavy atom. The molecule has 1 aliphatic carbocycles.